The first-order valence-electron chi connectivity index (χ1n) is 8.60. The van der Waals surface area contributed by atoms with Crippen LogP contribution in [-0.4, -0.2) is 76.3 Å². The summed E-state index contributed by atoms with van der Waals surface area (Å²) in [6, 6.07) is 8.68. The highest BCUT2D eigenvalue weighted by Gasteiger charge is 2.48. The number of nitrogens with zero attached hydrogens (tertiary/aromatic N) is 1. The van der Waals surface area contributed by atoms with Gasteiger partial charge in [-0.05, 0) is 25.8 Å². The van der Waals surface area contributed by atoms with Crippen LogP contribution >= 0.6 is 0 Å². The summed E-state index contributed by atoms with van der Waals surface area (Å²) >= 11 is 0. The lowest BCUT2D eigenvalue weighted by Gasteiger charge is -2.29. The number of amides is 1. The lowest BCUT2D eigenvalue weighted by Crippen LogP contribution is -2.51. The largest absolute Gasteiger partial charge is 0.481 e. The molecular weight excluding hydrogens is 374 g/mol. The van der Waals surface area contributed by atoms with Crippen LogP contribution in [0.4, 0.5) is 0 Å². The molecule has 1 aliphatic rings. The van der Waals surface area contributed by atoms with Crippen molar-refractivity contribution in [3.05, 3.63) is 35.9 Å². The zero-order chi connectivity index (χ0) is 20.4. The number of carbonyl (C=O) groups is 2. The Balaban J connectivity index is 2.18. The first-order valence-corrected chi connectivity index (χ1v) is 10.3. The minimum Gasteiger partial charge on any atom is -0.481 e. The third-order valence-electron chi connectivity index (χ3n) is 4.93. The fraction of sp³-hybridized carbons (Fsp3) is 0.556. The number of benzene rings is 1. The maximum atomic E-state index is 12.9. The Labute approximate surface area is 158 Å². The van der Waals surface area contributed by atoms with Crippen LogP contribution in [0.3, 0.4) is 0 Å². The van der Waals surface area contributed by atoms with E-state index in [0.29, 0.717) is 5.56 Å². The van der Waals surface area contributed by atoms with Gasteiger partial charge in [0.1, 0.15) is 4.75 Å². The molecule has 3 unspecified atom stereocenters. The zero-order valence-corrected chi connectivity index (χ0v) is 16.1. The normalized spacial score (nSPS) is 21.9. The van der Waals surface area contributed by atoms with Crippen LogP contribution in [0.25, 0.3) is 0 Å². The van der Waals surface area contributed by atoms with Crippen LogP contribution in [0.15, 0.2) is 30.3 Å². The second-order valence-electron chi connectivity index (χ2n) is 7.36. The number of hydrogen-bond donors (Lipinski definition) is 3. The summed E-state index contributed by atoms with van der Waals surface area (Å²) in [5, 5.41) is 28.7. The molecule has 0 aromatic heterocycles. The molecule has 0 aliphatic carbocycles. The van der Waals surface area contributed by atoms with Crippen molar-refractivity contribution in [2.45, 2.75) is 37.2 Å². The fourth-order valence-electron chi connectivity index (χ4n) is 3.04. The highest BCUT2D eigenvalue weighted by atomic mass is 32.2. The van der Waals surface area contributed by atoms with Crippen molar-refractivity contribution < 1.29 is 33.3 Å². The molecule has 3 N–H and O–H groups in total. The number of β-amino-alcohol motifs (C(OH)–C–C–N with tert-alkyl or cyclic N) is 2. The molecule has 9 heteroatoms. The van der Waals surface area contributed by atoms with Gasteiger partial charge in [-0.3, -0.25) is 9.59 Å². The van der Waals surface area contributed by atoms with Crippen LogP contribution in [0, 0.1) is 5.92 Å². The standard InChI is InChI=1S/C18H25NO7S/c1-18(2,17(24)19-9-14(20)15(21)10-19)27(25,26)11-13(16(22)23)8-12-6-4-3-5-7-12/h3-7,13-15,20-21H,8-11H2,1-2H3,(H,22,23). The Bertz CT molecular complexity index is 781. The molecule has 0 radical (unpaired) electrons. The highest BCUT2D eigenvalue weighted by Crippen LogP contribution is 2.26. The summed E-state index contributed by atoms with van der Waals surface area (Å²) < 4.78 is 23.9. The minimum absolute atomic E-state index is 0.0286. The Morgan fingerprint density at radius 3 is 2.15 bits per heavy atom. The summed E-state index contributed by atoms with van der Waals surface area (Å²) in [6.07, 6.45) is -2.23. The van der Waals surface area contributed by atoms with Crippen molar-refractivity contribution in [3.8, 4) is 0 Å². The van der Waals surface area contributed by atoms with E-state index >= 15 is 0 Å². The molecule has 3 atom stereocenters. The average Bonchev–Trinajstić information content (AvgIpc) is 2.93. The van der Waals surface area contributed by atoms with Gasteiger partial charge in [0.15, 0.2) is 9.84 Å². The lowest BCUT2D eigenvalue weighted by atomic mass is 10.0. The van der Waals surface area contributed by atoms with Crippen LogP contribution in [0.1, 0.15) is 19.4 Å². The molecule has 1 saturated heterocycles. The van der Waals surface area contributed by atoms with Gasteiger partial charge in [-0.15, -0.1) is 0 Å². The summed E-state index contributed by atoms with van der Waals surface area (Å²) in [5.41, 5.74) is 0.690. The van der Waals surface area contributed by atoms with E-state index in [1.807, 2.05) is 0 Å². The summed E-state index contributed by atoms with van der Waals surface area (Å²) in [7, 11) is -4.13. The molecule has 2 rings (SSSR count). The third kappa shape index (κ3) is 4.66. The van der Waals surface area contributed by atoms with Crippen LogP contribution in [0.5, 0.6) is 0 Å². The predicted octanol–water partition coefficient (Wildman–Crippen LogP) is -0.313. The van der Waals surface area contributed by atoms with Crippen molar-refractivity contribution in [2.75, 3.05) is 18.8 Å². The lowest BCUT2D eigenvalue weighted by molar-refractivity contribution is -0.141. The quantitative estimate of drug-likeness (QED) is 0.573. The zero-order valence-electron chi connectivity index (χ0n) is 15.3. The van der Waals surface area contributed by atoms with Crippen molar-refractivity contribution in [1.29, 1.82) is 0 Å². The Hall–Kier alpha value is -1.97. The van der Waals surface area contributed by atoms with Crippen LogP contribution in [-0.2, 0) is 25.8 Å². The molecule has 1 amide bonds. The molecule has 27 heavy (non-hydrogen) atoms. The van der Waals surface area contributed by atoms with Crippen molar-refractivity contribution in [1.82, 2.24) is 4.90 Å². The van der Waals surface area contributed by atoms with Gasteiger partial charge in [-0.25, -0.2) is 8.42 Å². The van der Waals surface area contributed by atoms with Gasteiger partial charge in [0, 0.05) is 13.1 Å². The number of aliphatic carboxylic acids is 1. The number of likely N-dealkylation sites (tertiary alicyclic amines) is 1. The molecule has 1 heterocycles. The number of carbonyl (C=O) groups excluding carboxylic acids is 1. The average molecular weight is 399 g/mol. The van der Waals surface area contributed by atoms with E-state index in [2.05, 4.69) is 0 Å². The van der Waals surface area contributed by atoms with Gasteiger partial charge in [-0.2, -0.15) is 0 Å². The molecule has 1 aromatic rings. The molecular formula is C18H25NO7S. The molecule has 1 aromatic carbocycles. The van der Waals surface area contributed by atoms with E-state index in [-0.39, 0.29) is 19.5 Å². The van der Waals surface area contributed by atoms with Crippen LogP contribution in [0.2, 0.25) is 0 Å². The monoisotopic (exact) mass is 399 g/mol. The Morgan fingerprint density at radius 2 is 1.67 bits per heavy atom. The predicted molar refractivity (Wildman–Crippen MR) is 97.7 cm³/mol. The summed E-state index contributed by atoms with van der Waals surface area (Å²) in [4.78, 5) is 25.4. The maximum Gasteiger partial charge on any atom is 0.307 e. The van der Waals surface area contributed by atoms with E-state index in [1.165, 1.54) is 13.8 Å². The maximum absolute atomic E-state index is 12.9. The second kappa shape index (κ2) is 7.95. The van der Waals surface area contributed by atoms with Gasteiger partial charge in [0.25, 0.3) is 0 Å². The van der Waals surface area contributed by atoms with E-state index in [0.717, 1.165) is 4.90 Å². The molecule has 0 saturated carbocycles. The SMILES string of the molecule is CC(C)(C(=O)N1CC(O)C(O)C1)S(=O)(=O)CC(Cc1ccccc1)C(=O)O. The Morgan fingerprint density at radius 1 is 1.15 bits per heavy atom. The number of aliphatic hydroxyl groups excluding tert-OH is 2. The van der Waals surface area contributed by atoms with E-state index in [4.69, 9.17) is 0 Å². The highest BCUT2D eigenvalue weighted by molar-refractivity contribution is 7.93. The molecule has 8 nitrogen and oxygen atoms in total. The topological polar surface area (TPSA) is 132 Å². The molecule has 150 valence electrons. The van der Waals surface area contributed by atoms with Gasteiger partial charge in [0.2, 0.25) is 5.91 Å². The number of rotatable bonds is 7. The first-order chi connectivity index (χ1) is 12.5. The van der Waals surface area contributed by atoms with Crippen molar-refractivity contribution in [3.63, 3.8) is 0 Å². The fourth-order valence-corrected chi connectivity index (χ4v) is 4.64. The minimum atomic E-state index is -4.13. The van der Waals surface area contributed by atoms with Crippen molar-refractivity contribution in [2.24, 2.45) is 5.92 Å². The van der Waals surface area contributed by atoms with Gasteiger partial charge in [-0.1, -0.05) is 30.3 Å². The smallest absolute Gasteiger partial charge is 0.307 e. The molecule has 0 bridgehead atoms. The second-order valence-corrected chi connectivity index (χ2v) is 9.94. The van der Waals surface area contributed by atoms with E-state index < -0.39 is 50.3 Å². The number of hydrogen-bond acceptors (Lipinski definition) is 6. The number of aliphatic hydroxyl groups is 2. The summed E-state index contributed by atoms with van der Waals surface area (Å²) in [6.45, 7) is 2.13. The van der Waals surface area contributed by atoms with Gasteiger partial charge < -0.3 is 20.2 Å². The third-order valence-corrected chi connectivity index (χ3v) is 7.50. The molecule has 1 aliphatic heterocycles. The van der Waals surface area contributed by atoms with Gasteiger partial charge >= 0.3 is 5.97 Å². The van der Waals surface area contributed by atoms with Gasteiger partial charge in [0.05, 0.1) is 23.9 Å². The number of carboxylic acids is 1. The number of carboxylic acid groups (broad SMARTS) is 1. The molecule has 0 spiro atoms. The van der Waals surface area contributed by atoms with Crippen molar-refractivity contribution >= 4 is 21.7 Å². The van der Waals surface area contributed by atoms with E-state index in [9.17, 15) is 33.3 Å². The Kier molecular flexibility index (Phi) is 6.28. The summed E-state index contributed by atoms with van der Waals surface area (Å²) in [5.74, 6) is -3.89. The number of sulfone groups is 1. The first kappa shape index (κ1) is 21.3. The van der Waals surface area contributed by atoms with Crippen LogP contribution < -0.4 is 0 Å². The van der Waals surface area contributed by atoms with E-state index in [1.54, 1.807) is 30.3 Å². The molecule has 1 fully saturated rings.